The zero-order chi connectivity index (χ0) is 14.0. The van der Waals surface area contributed by atoms with E-state index in [0.29, 0.717) is 5.92 Å². The van der Waals surface area contributed by atoms with Crippen LogP contribution in [0.5, 0.6) is 0 Å². The van der Waals surface area contributed by atoms with E-state index < -0.39 is 0 Å². The predicted octanol–water partition coefficient (Wildman–Crippen LogP) is 5.14. The number of rotatable bonds is 4. The summed E-state index contributed by atoms with van der Waals surface area (Å²) < 4.78 is 0. The quantitative estimate of drug-likeness (QED) is 0.836. The number of hydrogen-bond acceptors (Lipinski definition) is 2. The highest BCUT2D eigenvalue weighted by Crippen LogP contribution is 2.33. The zero-order valence-corrected chi connectivity index (χ0v) is 12.8. The van der Waals surface area contributed by atoms with E-state index >= 15 is 0 Å². The molecule has 102 valence electrons. The number of anilines is 1. The molecule has 0 radical (unpaired) electrons. The van der Waals surface area contributed by atoms with Crippen molar-refractivity contribution in [3.8, 4) is 0 Å². The van der Waals surface area contributed by atoms with Crippen molar-refractivity contribution in [2.24, 2.45) is 0 Å². The van der Waals surface area contributed by atoms with Gasteiger partial charge in [0.25, 0.3) is 0 Å². The highest BCUT2D eigenvalue weighted by molar-refractivity contribution is 6.36. The summed E-state index contributed by atoms with van der Waals surface area (Å²) in [7, 11) is 0. The molecule has 1 aromatic heterocycles. The van der Waals surface area contributed by atoms with Crippen LogP contribution < -0.4 is 5.32 Å². The van der Waals surface area contributed by atoms with Gasteiger partial charge in [-0.05, 0) is 37.0 Å². The number of nitrogens with zero attached hydrogens (tertiary/aromatic N) is 1. The Morgan fingerprint density at radius 1 is 1.32 bits per heavy atom. The summed E-state index contributed by atoms with van der Waals surface area (Å²) in [5.74, 6) is 0.407. The molecular formula is C16H21ClN2. The normalized spacial score (nSPS) is 11.3. The van der Waals surface area contributed by atoms with Crippen molar-refractivity contribution in [1.29, 1.82) is 0 Å². The van der Waals surface area contributed by atoms with Gasteiger partial charge in [-0.25, -0.2) is 0 Å². The van der Waals surface area contributed by atoms with Crippen LogP contribution in [0.3, 0.4) is 0 Å². The van der Waals surface area contributed by atoms with Gasteiger partial charge in [0.15, 0.2) is 0 Å². The summed E-state index contributed by atoms with van der Waals surface area (Å²) in [5, 5.41) is 5.28. The first-order chi connectivity index (χ1) is 9.04. The van der Waals surface area contributed by atoms with Gasteiger partial charge in [0.2, 0.25) is 0 Å². The molecule has 0 spiro atoms. The van der Waals surface area contributed by atoms with Crippen molar-refractivity contribution in [2.75, 3.05) is 11.9 Å². The third-order valence-electron chi connectivity index (χ3n) is 3.29. The smallest absolute Gasteiger partial charge is 0.0770 e. The third kappa shape index (κ3) is 2.84. The Morgan fingerprint density at radius 3 is 2.68 bits per heavy atom. The second kappa shape index (κ2) is 5.79. The standard InChI is InChI=1S/C16H21ClN2/c1-5-8-18-14-9-13(10(2)3)19-16-11(4)6-7-12(17)15(14)16/h6-7,9-10H,5,8H2,1-4H3,(H,18,19). The molecule has 2 aromatic rings. The Kier molecular flexibility index (Phi) is 4.31. The number of fused-ring (bicyclic) bond motifs is 1. The summed E-state index contributed by atoms with van der Waals surface area (Å²) in [4.78, 5) is 4.78. The lowest BCUT2D eigenvalue weighted by Crippen LogP contribution is -2.04. The monoisotopic (exact) mass is 276 g/mol. The van der Waals surface area contributed by atoms with Gasteiger partial charge >= 0.3 is 0 Å². The van der Waals surface area contributed by atoms with Gasteiger partial charge in [-0.1, -0.05) is 38.4 Å². The lowest BCUT2D eigenvalue weighted by molar-refractivity contribution is 0.829. The fourth-order valence-electron chi connectivity index (χ4n) is 2.15. The minimum atomic E-state index is 0.407. The van der Waals surface area contributed by atoms with Crippen LogP contribution in [0.2, 0.25) is 5.02 Å². The van der Waals surface area contributed by atoms with Gasteiger partial charge in [-0.2, -0.15) is 0 Å². The van der Waals surface area contributed by atoms with Crippen molar-refractivity contribution >= 4 is 28.2 Å². The number of aryl methyl sites for hydroxylation is 1. The Hall–Kier alpha value is -1.28. The maximum atomic E-state index is 6.37. The average molecular weight is 277 g/mol. The Balaban J connectivity index is 2.70. The van der Waals surface area contributed by atoms with Gasteiger partial charge in [0.1, 0.15) is 0 Å². The van der Waals surface area contributed by atoms with Gasteiger partial charge in [0, 0.05) is 23.3 Å². The second-order valence-electron chi connectivity index (χ2n) is 5.26. The van der Waals surface area contributed by atoms with Gasteiger partial charge < -0.3 is 5.32 Å². The van der Waals surface area contributed by atoms with Crippen molar-refractivity contribution < 1.29 is 0 Å². The fourth-order valence-corrected chi connectivity index (χ4v) is 2.40. The molecule has 0 atom stereocenters. The SMILES string of the molecule is CCCNc1cc(C(C)C)nc2c(C)ccc(Cl)c12. The van der Waals surface area contributed by atoms with Gasteiger partial charge in [-0.15, -0.1) is 0 Å². The summed E-state index contributed by atoms with van der Waals surface area (Å²) in [6.45, 7) is 9.52. The van der Waals surface area contributed by atoms with Crippen LogP contribution in [0, 0.1) is 6.92 Å². The third-order valence-corrected chi connectivity index (χ3v) is 3.60. The molecule has 0 amide bonds. The van der Waals surface area contributed by atoms with Crippen LogP contribution in [0.15, 0.2) is 18.2 Å². The van der Waals surface area contributed by atoms with Gasteiger partial charge in [-0.3, -0.25) is 4.98 Å². The molecule has 0 aliphatic carbocycles. The van der Waals surface area contributed by atoms with Crippen LogP contribution in [0.1, 0.15) is 44.4 Å². The number of aromatic nitrogens is 1. The molecule has 0 aliphatic heterocycles. The van der Waals surface area contributed by atoms with E-state index in [1.165, 1.54) is 5.56 Å². The summed E-state index contributed by atoms with van der Waals surface area (Å²) in [6, 6.07) is 6.12. The van der Waals surface area contributed by atoms with Crippen LogP contribution in [0.4, 0.5) is 5.69 Å². The molecule has 1 heterocycles. The highest BCUT2D eigenvalue weighted by Gasteiger charge is 2.12. The van der Waals surface area contributed by atoms with Crippen molar-refractivity contribution in [3.05, 3.63) is 34.5 Å². The lowest BCUT2D eigenvalue weighted by Gasteiger charge is -2.15. The molecular weight excluding hydrogens is 256 g/mol. The average Bonchev–Trinajstić information content (AvgIpc) is 2.39. The zero-order valence-electron chi connectivity index (χ0n) is 12.0. The van der Waals surface area contributed by atoms with E-state index in [1.807, 2.05) is 12.1 Å². The molecule has 0 unspecified atom stereocenters. The van der Waals surface area contributed by atoms with E-state index in [4.69, 9.17) is 16.6 Å². The number of hydrogen-bond donors (Lipinski definition) is 1. The molecule has 1 aromatic carbocycles. The van der Waals surface area contributed by atoms with Crippen molar-refractivity contribution in [1.82, 2.24) is 4.98 Å². The first-order valence-corrected chi connectivity index (χ1v) is 7.26. The van der Waals surface area contributed by atoms with E-state index in [1.54, 1.807) is 0 Å². The Labute approximate surface area is 120 Å². The summed E-state index contributed by atoms with van der Waals surface area (Å²) >= 11 is 6.37. The van der Waals surface area contributed by atoms with E-state index in [2.05, 4.69) is 39.1 Å². The minimum Gasteiger partial charge on any atom is -0.384 e. The van der Waals surface area contributed by atoms with Crippen molar-refractivity contribution in [2.45, 2.75) is 40.0 Å². The van der Waals surface area contributed by atoms with E-state index in [-0.39, 0.29) is 0 Å². The summed E-state index contributed by atoms with van der Waals surface area (Å²) in [5.41, 5.74) is 4.39. The molecule has 0 aliphatic rings. The van der Waals surface area contributed by atoms with Crippen LogP contribution in [-0.4, -0.2) is 11.5 Å². The van der Waals surface area contributed by atoms with Gasteiger partial charge in [0.05, 0.1) is 10.5 Å². The predicted molar refractivity (Wildman–Crippen MR) is 84.4 cm³/mol. The largest absolute Gasteiger partial charge is 0.384 e. The number of pyridine rings is 1. The number of benzene rings is 1. The molecule has 19 heavy (non-hydrogen) atoms. The highest BCUT2D eigenvalue weighted by atomic mass is 35.5. The Bertz CT molecular complexity index is 591. The first-order valence-electron chi connectivity index (χ1n) is 6.88. The molecule has 0 fully saturated rings. The number of nitrogens with one attached hydrogen (secondary N) is 1. The van der Waals surface area contributed by atoms with Crippen LogP contribution in [0.25, 0.3) is 10.9 Å². The maximum Gasteiger partial charge on any atom is 0.0770 e. The molecule has 0 saturated heterocycles. The lowest BCUT2D eigenvalue weighted by atomic mass is 10.0. The van der Waals surface area contributed by atoms with E-state index in [0.717, 1.165) is 40.3 Å². The van der Waals surface area contributed by atoms with Crippen LogP contribution in [-0.2, 0) is 0 Å². The molecule has 0 saturated carbocycles. The fraction of sp³-hybridized carbons (Fsp3) is 0.438. The van der Waals surface area contributed by atoms with E-state index in [9.17, 15) is 0 Å². The molecule has 0 bridgehead atoms. The topological polar surface area (TPSA) is 24.9 Å². The molecule has 2 nitrogen and oxygen atoms in total. The maximum absolute atomic E-state index is 6.37. The minimum absolute atomic E-state index is 0.407. The van der Waals surface area contributed by atoms with Crippen LogP contribution >= 0.6 is 11.6 Å². The Morgan fingerprint density at radius 2 is 2.05 bits per heavy atom. The second-order valence-corrected chi connectivity index (χ2v) is 5.67. The molecule has 3 heteroatoms. The number of halogens is 1. The summed E-state index contributed by atoms with van der Waals surface area (Å²) in [6.07, 6.45) is 1.09. The molecule has 1 N–H and O–H groups in total. The molecule has 2 rings (SSSR count). The first kappa shape index (κ1) is 14.1. The van der Waals surface area contributed by atoms with Crippen molar-refractivity contribution in [3.63, 3.8) is 0 Å².